The summed E-state index contributed by atoms with van der Waals surface area (Å²) in [5, 5.41) is 13.0. The SMILES string of the molecule is C[C@@H](NC(=O)N(Cc1cccs1)C[C@@H]1CCCO1)c1nncn1C. The van der Waals surface area contributed by atoms with Crippen molar-refractivity contribution < 1.29 is 9.53 Å². The second-order valence-electron chi connectivity index (χ2n) is 6.07. The standard InChI is InChI=1S/C16H23N5O2S/c1-12(15-19-17-11-20(15)2)18-16(22)21(9-13-5-3-7-23-13)10-14-6-4-8-24-14/h4,6,8,11-13H,3,5,7,9-10H2,1-2H3,(H,18,22)/t12-,13+/m1/s1. The van der Waals surface area contributed by atoms with Crippen molar-refractivity contribution >= 4 is 17.4 Å². The second kappa shape index (κ2) is 7.76. The van der Waals surface area contributed by atoms with E-state index in [1.165, 1.54) is 0 Å². The molecule has 0 saturated carbocycles. The minimum absolute atomic E-state index is 0.102. The molecular formula is C16H23N5O2S. The van der Waals surface area contributed by atoms with E-state index in [1.54, 1.807) is 17.7 Å². The minimum atomic E-state index is -0.208. The van der Waals surface area contributed by atoms with Crippen LogP contribution in [0.4, 0.5) is 4.79 Å². The fourth-order valence-corrected chi connectivity index (χ4v) is 3.59. The number of hydrogen-bond donors (Lipinski definition) is 1. The summed E-state index contributed by atoms with van der Waals surface area (Å²) in [5.41, 5.74) is 0. The number of urea groups is 1. The van der Waals surface area contributed by atoms with Crippen molar-refractivity contribution in [2.24, 2.45) is 7.05 Å². The number of hydrogen-bond acceptors (Lipinski definition) is 5. The summed E-state index contributed by atoms with van der Waals surface area (Å²) in [7, 11) is 1.87. The lowest BCUT2D eigenvalue weighted by Gasteiger charge is -2.26. The Morgan fingerprint density at radius 1 is 1.62 bits per heavy atom. The van der Waals surface area contributed by atoms with E-state index in [2.05, 4.69) is 15.5 Å². The molecule has 2 atom stereocenters. The molecule has 1 aliphatic heterocycles. The quantitative estimate of drug-likeness (QED) is 0.869. The maximum absolute atomic E-state index is 12.8. The van der Waals surface area contributed by atoms with E-state index in [0.29, 0.717) is 13.1 Å². The number of nitrogens with one attached hydrogen (secondary N) is 1. The van der Waals surface area contributed by atoms with Gasteiger partial charge in [0.05, 0.1) is 18.7 Å². The Morgan fingerprint density at radius 2 is 2.50 bits per heavy atom. The smallest absolute Gasteiger partial charge is 0.318 e. The van der Waals surface area contributed by atoms with Crippen LogP contribution >= 0.6 is 11.3 Å². The Balaban J connectivity index is 1.66. The van der Waals surface area contributed by atoms with Gasteiger partial charge in [0.2, 0.25) is 0 Å². The highest BCUT2D eigenvalue weighted by molar-refractivity contribution is 7.09. The van der Waals surface area contributed by atoms with Crippen molar-refractivity contribution in [3.63, 3.8) is 0 Å². The van der Waals surface area contributed by atoms with Gasteiger partial charge < -0.3 is 19.5 Å². The Morgan fingerprint density at radius 3 is 3.12 bits per heavy atom. The third-order valence-electron chi connectivity index (χ3n) is 4.14. The third-order valence-corrected chi connectivity index (χ3v) is 5.00. The van der Waals surface area contributed by atoms with E-state index < -0.39 is 0 Å². The molecule has 3 rings (SSSR count). The normalized spacial score (nSPS) is 18.5. The monoisotopic (exact) mass is 349 g/mol. The van der Waals surface area contributed by atoms with Crippen molar-refractivity contribution in [3.05, 3.63) is 34.5 Å². The number of aromatic nitrogens is 3. The average Bonchev–Trinajstić information content (AvgIpc) is 3.28. The van der Waals surface area contributed by atoms with Gasteiger partial charge in [-0.2, -0.15) is 0 Å². The van der Waals surface area contributed by atoms with Gasteiger partial charge in [-0.05, 0) is 31.2 Å². The molecule has 0 bridgehead atoms. The van der Waals surface area contributed by atoms with Crippen LogP contribution in [0.15, 0.2) is 23.8 Å². The van der Waals surface area contributed by atoms with Gasteiger partial charge in [0.15, 0.2) is 5.82 Å². The van der Waals surface area contributed by atoms with Gasteiger partial charge in [0.1, 0.15) is 6.33 Å². The van der Waals surface area contributed by atoms with Crippen LogP contribution in [0.3, 0.4) is 0 Å². The lowest BCUT2D eigenvalue weighted by atomic mass is 10.2. The van der Waals surface area contributed by atoms with Crippen LogP contribution in [0.2, 0.25) is 0 Å². The Hall–Kier alpha value is -1.93. The number of carbonyl (C=O) groups excluding carboxylic acids is 1. The first-order valence-corrected chi connectivity index (χ1v) is 9.04. The average molecular weight is 349 g/mol. The van der Waals surface area contributed by atoms with Gasteiger partial charge in [0.25, 0.3) is 0 Å². The molecule has 0 aromatic carbocycles. The highest BCUT2D eigenvalue weighted by atomic mass is 32.1. The zero-order valence-electron chi connectivity index (χ0n) is 14.0. The zero-order valence-corrected chi connectivity index (χ0v) is 14.8. The molecule has 0 radical (unpaired) electrons. The van der Waals surface area contributed by atoms with Gasteiger partial charge in [-0.15, -0.1) is 21.5 Å². The molecule has 2 amide bonds. The number of amides is 2. The number of rotatable bonds is 6. The van der Waals surface area contributed by atoms with Gasteiger partial charge in [-0.1, -0.05) is 6.07 Å². The van der Waals surface area contributed by atoms with Crippen LogP contribution in [0.5, 0.6) is 0 Å². The van der Waals surface area contributed by atoms with Crippen molar-refractivity contribution in [1.82, 2.24) is 25.0 Å². The maximum atomic E-state index is 12.8. The highest BCUT2D eigenvalue weighted by Gasteiger charge is 2.25. The van der Waals surface area contributed by atoms with Crippen LogP contribution in [0.1, 0.15) is 36.5 Å². The molecule has 1 fully saturated rings. The Bertz CT molecular complexity index is 651. The fourth-order valence-electron chi connectivity index (χ4n) is 2.87. The summed E-state index contributed by atoms with van der Waals surface area (Å²) in [4.78, 5) is 15.8. The van der Waals surface area contributed by atoms with E-state index in [1.807, 2.05) is 41.0 Å². The van der Waals surface area contributed by atoms with Crippen molar-refractivity contribution in [1.29, 1.82) is 0 Å². The molecule has 8 heteroatoms. The highest BCUT2D eigenvalue weighted by Crippen LogP contribution is 2.18. The lowest BCUT2D eigenvalue weighted by molar-refractivity contribution is 0.0791. The number of thiophene rings is 1. The molecule has 24 heavy (non-hydrogen) atoms. The van der Waals surface area contributed by atoms with E-state index in [0.717, 1.165) is 30.2 Å². The molecule has 0 spiro atoms. The first-order chi connectivity index (χ1) is 11.6. The Labute approximate surface area is 145 Å². The molecule has 130 valence electrons. The molecular weight excluding hydrogens is 326 g/mol. The third kappa shape index (κ3) is 4.12. The molecule has 1 N–H and O–H groups in total. The maximum Gasteiger partial charge on any atom is 0.318 e. The summed E-state index contributed by atoms with van der Waals surface area (Å²) in [6, 6.07) is 3.74. The molecule has 3 heterocycles. The number of nitrogens with zero attached hydrogens (tertiary/aromatic N) is 4. The molecule has 0 aliphatic carbocycles. The molecule has 0 unspecified atom stereocenters. The summed E-state index contributed by atoms with van der Waals surface area (Å²) < 4.78 is 7.52. The predicted octanol–water partition coefficient (Wildman–Crippen LogP) is 2.33. The molecule has 1 saturated heterocycles. The van der Waals surface area contributed by atoms with Crippen LogP contribution < -0.4 is 5.32 Å². The van der Waals surface area contributed by atoms with E-state index >= 15 is 0 Å². The van der Waals surface area contributed by atoms with Crippen LogP contribution in [-0.2, 0) is 18.3 Å². The molecule has 7 nitrogen and oxygen atoms in total. The molecule has 2 aromatic heterocycles. The van der Waals surface area contributed by atoms with Gasteiger partial charge in [0, 0.05) is 25.1 Å². The fraction of sp³-hybridized carbons (Fsp3) is 0.562. The molecule has 2 aromatic rings. The van der Waals surface area contributed by atoms with Crippen molar-refractivity contribution in [3.8, 4) is 0 Å². The number of carbonyl (C=O) groups is 1. The largest absolute Gasteiger partial charge is 0.376 e. The number of ether oxygens (including phenoxy) is 1. The lowest BCUT2D eigenvalue weighted by Crippen LogP contribution is -2.44. The summed E-state index contributed by atoms with van der Waals surface area (Å²) >= 11 is 1.66. The second-order valence-corrected chi connectivity index (χ2v) is 7.10. The van der Waals surface area contributed by atoms with Crippen LogP contribution in [0.25, 0.3) is 0 Å². The summed E-state index contributed by atoms with van der Waals surface area (Å²) in [6.45, 7) is 3.90. The number of aryl methyl sites for hydroxylation is 1. The zero-order chi connectivity index (χ0) is 16.9. The van der Waals surface area contributed by atoms with Crippen LogP contribution in [0, 0.1) is 0 Å². The van der Waals surface area contributed by atoms with E-state index in [9.17, 15) is 4.79 Å². The Kier molecular flexibility index (Phi) is 5.47. The van der Waals surface area contributed by atoms with Crippen molar-refractivity contribution in [2.45, 2.75) is 38.5 Å². The van der Waals surface area contributed by atoms with Gasteiger partial charge in [-0.3, -0.25) is 0 Å². The first-order valence-electron chi connectivity index (χ1n) is 8.17. The first kappa shape index (κ1) is 16.9. The van der Waals surface area contributed by atoms with Gasteiger partial charge >= 0.3 is 6.03 Å². The van der Waals surface area contributed by atoms with E-state index in [4.69, 9.17) is 4.74 Å². The predicted molar refractivity (Wildman–Crippen MR) is 91.7 cm³/mol. The van der Waals surface area contributed by atoms with Gasteiger partial charge in [-0.25, -0.2) is 4.79 Å². The van der Waals surface area contributed by atoms with Crippen molar-refractivity contribution in [2.75, 3.05) is 13.2 Å². The topological polar surface area (TPSA) is 72.3 Å². The minimum Gasteiger partial charge on any atom is -0.376 e. The summed E-state index contributed by atoms with van der Waals surface area (Å²) in [6.07, 6.45) is 3.83. The van der Waals surface area contributed by atoms with E-state index in [-0.39, 0.29) is 18.2 Å². The molecule has 1 aliphatic rings. The summed E-state index contributed by atoms with van der Waals surface area (Å²) in [5.74, 6) is 0.733. The van der Waals surface area contributed by atoms with Crippen LogP contribution in [-0.4, -0.2) is 45.0 Å².